The van der Waals surface area contributed by atoms with Crippen molar-refractivity contribution in [3.63, 3.8) is 0 Å². The average Bonchev–Trinajstić information content (AvgIpc) is 3.08. The lowest BCUT2D eigenvalue weighted by atomic mass is 9.78. The molecule has 152 valence electrons. The molecule has 0 fully saturated rings. The summed E-state index contributed by atoms with van der Waals surface area (Å²) in [4.78, 5) is 12.7. The van der Waals surface area contributed by atoms with E-state index in [0.29, 0.717) is 12.8 Å². The van der Waals surface area contributed by atoms with Gasteiger partial charge in [0.1, 0.15) is 8.07 Å². The van der Waals surface area contributed by atoms with Gasteiger partial charge in [0.2, 0.25) is 10.0 Å². The smallest absolute Gasteiger partial charge is 0.235 e. The van der Waals surface area contributed by atoms with E-state index in [2.05, 4.69) is 26.6 Å². The van der Waals surface area contributed by atoms with Gasteiger partial charge in [-0.1, -0.05) is 69.0 Å². The van der Waals surface area contributed by atoms with E-state index in [1.165, 1.54) is 6.26 Å². The molecule has 0 amide bonds. The van der Waals surface area contributed by atoms with E-state index in [4.69, 9.17) is 0 Å². The summed E-state index contributed by atoms with van der Waals surface area (Å²) in [5, 5.41) is 1.92. The summed E-state index contributed by atoms with van der Waals surface area (Å²) < 4.78 is 27.2. The number of aromatic nitrogens is 1. The van der Waals surface area contributed by atoms with Gasteiger partial charge in [0, 0.05) is 28.1 Å². The Kier molecular flexibility index (Phi) is 4.44. The first-order valence-electron chi connectivity index (χ1n) is 9.89. The van der Waals surface area contributed by atoms with E-state index in [1.807, 2.05) is 48.5 Å². The second kappa shape index (κ2) is 6.41. The van der Waals surface area contributed by atoms with Gasteiger partial charge in [-0.15, -0.1) is 0 Å². The van der Waals surface area contributed by atoms with E-state index < -0.39 is 18.1 Å². The Balaban J connectivity index is 2.02. The fourth-order valence-electron chi connectivity index (χ4n) is 4.90. The largest absolute Gasteiger partial charge is 0.294 e. The van der Waals surface area contributed by atoms with E-state index >= 15 is 0 Å². The van der Waals surface area contributed by atoms with Crippen molar-refractivity contribution < 1.29 is 13.2 Å². The molecule has 1 aliphatic rings. The van der Waals surface area contributed by atoms with Crippen LogP contribution in [0.3, 0.4) is 0 Å². The third-order valence-electron chi connectivity index (χ3n) is 5.97. The molecule has 4 nitrogen and oxygen atoms in total. The van der Waals surface area contributed by atoms with Crippen molar-refractivity contribution in [1.82, 2.24) is 3.97 Å². The normalized spacial score (nSPS) is 19.7. The number of carbonyl (C=O) groups is 1. The molecular formula is C23H27NO3SSi. The molecule has 2 aromatic carbocycles. The van der Waals surface area contributed by atoms with E-state index in [9.17, 15) is 13.2 Å². The lowest BCUT2D eigenvalue weighted by Gasteiger charge is -2.28. The summed E-state index contributed by atoms with van der Waals surface area (Å²) >= 11 is 0. The van der Waals surface area contributed by atoms with Gasteiger partial charge in [0.15, 0.2) is 5.78 Å². The first kappa shape index (κ1) is 20.1. The van der Waals surface area contributed by atoms with Crippen LogP contribution in [0.5, 0.6) is 0 Å². The highest BCUT2D eigenvalue weighted by Crippen LogP contribution is 2.42. The Morgan fingerprint density at radius 1 is 1.03 bits per heavy atom. The van der Waals surface area contributed by atoms with Crippen LogP contribution in [0.15, 0.2) is 48.5 Å². The van der Waals surface area contributed by atoms with Gasteiger partial charge in [-0.2, -0.15) is 0 Å². The van der Waals surface area contributed by atoms with Crippen molar-refractivity contribution in [3.05, 3.63) is 65.2 Å². The van der Waals surface area contributed by atoms with Gasteiger partial charge in [0.25, 0.3) is 0 Å². The molecule has 3 aromatic rings. The van der Waals surface area contributed by atoms with Gasteiger partial charge in [-0.05, 0) is 23.6 Å². The highest BCUT2D eigenvalue weighted by molar-refractivity contribution is 7.89. The number of para-hydroxylation sites is 1. The molecular weight excluding hydrogens is 398 g/mol. The third kappa shape index (κ3) is 3.18. The number of benzene rings is 2. The topological polar surface area (TPSA) is 56.1 Å². The quantitative estimate of drug-likeness (QED) is 0.592. The number of ketones is 1. The molecule has 0 saturated heterocycles. The van der Waals surface area contributed by atoms with Crippen LogP contribution in [0.4, 0.5) is 0 Å². The summed E-state index contributed by atoms with van der Waals surface area (Å²) in [7, 11) is -5.49. The Hall–Kier alpha value is -2.18. The summed E-state index contributed by atoms with van der Waals surface area (Å²) in [5.41, 5.74) is 3.36. The van der Waals surface area contributed by atoms with Crippen molar-refractivity contribution in [3.8, 4) is 0 Å². The van der Waals surface area contributed by atoms with E-state index in [1.54, 1.807) is 3.97 Å². The Labute approximate surface area is 173 Å². The number of rotatable bonds is 4. The molecule has 0 radical (unpaired) electrons. The zero-order valence-electron chi connectivity index (χ0n) is 17.6. The van der Waals surface area contributed by atoms with Crippen molar-refractivity contribution in [2.24, 2.45) is 0 Å². The minimum absolute atomic E-state index is 0.171. The molecule has 0 bridgehead atoms. The molecule has 1 aliphatic carbocycles. The maximum absolute atomic E-state index is 12.8. The maximum atomic E-state index is 12.8. The van der Waals surface area contributed by atoms with Gasteiger partial charge >= 0.3 is 0 Å². The van der Waals surface area contributed by atoms with Crippen molar-refractivity contribution in [2.75, 3.05) is 6.26 Å². The van der Waals surface area contributed by atoms with Gasteiger partial charge < -0.3 is 0 Å². The number of nitrogens with zero attached hydrogens (tertiary/aromatic N) is 1. The standard InChI is InChI=1S/C23H27NO3SSi/c1-23(15-21(25)17-11-6-8-12-19(17)23)14-18-16-10-7-9-13-20(16)24(28(2,26)27)22(18)29(3,4)5/h6-13H,14-15H2,1-5H3. The third-order valence-corrected chi connectivity index (χ3v) is 9.13. The van der Waals surface area contributed by atoms with Crippen LogP contribution < -0.4 is 5.32 Å². The Morgan fingerprint density at radius 3 is 2.31 bits per heavy atom. The molecule has 29 heavy (non-hydrogen) atoms. The lowest BCUT2D eigenvalue weighted by molar-refractivity contribution is 0.0976. The molecule has 6 heteroatoms. The van der Waals surface area contributed by atoms with Crippen LogP contribution in [0.2, 0.25) is 19.6 Å². The fraction of sp³-hybridized carbons (Fsp3) is 0.348. The Morgan fingerprint density at radius 2 is 1.66 bits per heavy atom. The van der Waals surface area contributed by atoms with Gasteiger partial charge in [0.05, 0.1) is 11.8 Å². The molecule has 1 unspecified atom stereocenters. The SMILES string of the molecule is CC1(Cc2c([Si](C)(C)C)n(S(C)(=O)=O)c3ccccc23)CC(=O)c2ccccc21. The first-order valence-corrected chi connectivity index (χ1v) is 15.2. The number of carbonyl (C=O) groups excluding carboxylic acids is 1. The van der Waals surface area contributed by atoms with Crippen LogP contribution in [0, 0.1) is 0 Å². The number of hydrogen-bond acceptors (Lipinski definition) is 3. The van der Waals surface area contributed by atoms with Crippen LogP contribution in [0.25, 0.3) is 10.9 Å². The molecule has 4 rings (SSSR count). The van der Waals surface area contributed by atoms with E-state index in [-0.39, 0.29) is 11.2 Å². The number of fused-ring (bicyclic) bond motifs is 2. The lowest BCUT2D eigenvalue weighted by Crippen LogP contribution is -2.47. The molecule has 0 aliphatic heterocycles. The molecule has 1 atom stereocenters. The van der Waals surface area contributed by atoms with Crippen LogP contribution in [-0.2, 0) is 21.9 Å². The predicted octanol–water partition coefficient (Wildman–Crippen LogP) is 4.08. The summed E-state index contributed by atoms with van der Waals surface area (Å²) in [6.07, 6.45) is 2.39. The summed E-state index contributed by atoms with van der Waals surface area (Å²) in [6.45, 7) is 8.69. The van der Waals surface area contributed by atoms with Gasteiger partial charge in [-0.3, -0.25) is 4.79 Å². The minimum Gasteiger partial charge on any atom is -0.294 e. The second-order valence-corrected chi connectivity index (χ2v) is 16.3. The first-order chi connectivity index (χ1) is 13.4. The zero-order chi connectivity index (χ0) is 21.2. The molecule has 0 spiro atoms. The van der Waals surface area contributed by atoms with Crippen LogP contribution in [-0.4, -0.2) is 32.5 Å². The summed E-state index contributed by atoms with van der Waals surface area (Å²) in [6, 6.07) is 15.6. The van der Waals surface area contributed by atoms with Gasteiger partial charge in [-0.25, -0.2) is 12.4 Å². The Bertz CT molecular complexity index is 1250. The van der Waals surface area contributed by atoms with E-state index in [0.717, 1.165) is 32.9 Å². The molecule has 0 saturated carbocycles. The minimum atomic E-state index is -3.46. The van der Waals surface area contributed by atoms with Crippen molar-refractivity contribution in [1.29, 1.82) is 0 Å². The zero-order valence-corrected chi connectivity index (χ0v) is 19.4. The predicted molar refractivity (Wildman–Crippen MR) is 122 cm³/mol. The summed E-state index contributed by atoms with van der Waals surface area (Å²) in [5.74, 6) is 0.171. The van der Waals surface area contributed by atoms with Crippen LogP contribution >= 0.6 is 0 Å². The monoisotopic (exact) mass is 425 g/mol. The molecule has 0 N–H and O–H groups in total. The molecule has 1 heterocycles. The average molecular weight is 426 g/mol. The van der Waals surface area contributed by atoms with Crippen LogP contribution in [0.1, 0.15) is 34.8 Å². The fourth-order valence-corrected chi connectivity index (χ4v) is 9.04. The highest BCUT2D eigenvalue weighted by Gasteiger charge is 2.42. The van der Waals surface area contributed by atoms with Crippen molar-refractivity contribution in [2.45, 2.75) is 44.8 Å². The maximum Gasteiger partial charge on any atom is 0.235 e. The number of Topliss-reactive ketones (excluding diaryl/α,β-unsaturated/α-hetero) is 1. The second-order valence-electron chi connectivity index (χ2n) is 9.50. The van der Waals surface area contributed by atoms with Crippen molar-refractivity contribution >= 4 is 40.1 Å². The highest BCUT2D eigenvalue weighted by atomic mass is 32.2. The molecule has 1 aromatic heterocycles. The number of hydrogen-bond donors (Lipinski definition) is 0.